The SMILES string of the molecule is CC[PH](=O)c1ccc(Br)cc1F. The zero-order valence-electron chi connectivity index (χ0n) is 6.60. The standard InChI is InChI=1S/C8H9BrFOP/c1-2-12(11)8-4-3-6(9)5-7(8)10/h3-5,12H,2H2,1H3. The topological polar surface area (TPSA) is 17.1 Å². The van der Waals surface area contributed by atoms with E-state index < -0.39 is 7.80 Å². The number of benzene rings is 1. The van der Waals surface area contributed by atoms with Gasteiger partial charge in [0.1, 0.15) is 13.6 Å². The highest BCUT2D eigenvalue weighted by Crippen LogP contribution is 2.22. The van der Waals surface area contributed by atoms with E-state index in [1.807, 2.05) is 0 Å². The minimum atomic E-state index is -1.90. The van der Waals surface area contributed by atoms with Gasteiger partial charge in [0.2, 0.25) is 0 Å². The predicted octanol–water partition coefficient (Wildman–Crippen LogP) is 2.79. The van der Waals surface area contributed by atoms with Crippen LogP contribution >= 0.6 is 23.7 Å². The van der Waals surface area contributed by atoms with Crippen LogP contribution in [-0.4, -0.2) is 6.16 Å². The molecule has 0 N–H and O–H groups in total. The van der Waals surface area contributed by atoms with Crippen molar-refractivity contribution in [1.29, 1.82) is 0 Å². The molecule has 0 bridgehead atoms. The molecule has 0 aliphatic rings. The third-order valence-corrected chi connectivity index (χ3v) is 3.69. The molecule has 66 valence electrons. The molecule has 0 aliphatic heterocycles. The quantitative estimate of drug-likeness (QED) is 0.738. The maximum Gasteiger partial charge on any atom is 0.134 e. The van der Waals surface area contributed by atoms with Crippen LogP contribution in [0.15, 0.2) is 22.7 Å². The molecule has 0 aliphatic carbocycles. The molecule has 0 amide bonds. The number of halogens is 2. The van der Waals surface area contributed by atoms with Gasteiger partial charge in [-0.2, -0.15) is 0 Å². The lowest BCUT2D eigenvalue weighted by atomic mass is 10.3. The Kier molecular flexibility index (Phi) is 3.48. The normalized spacial score (nSPS) is 12.9. The highest BCUT2D eigenvalue weighted by molar-refractivity contribution is 9.10. The van der Waals surface area contributed by atoms with E-state index in [0.717, 1.165) is 0 Å². The smallest absolute Gasteiger partial charge is 0.134 e. The highest BCUT2D eigenvalue weighted by Gasteiger charge is 2.07. The summed E-state index contributed by atoms with van der Waals surface area (Å²) in [5.41, 5.74) is 0. The Labute approximate surface area is 79.9 Å². The van der Waals surface area contributed by atoms with Crippen molar-refractivity contribution in [2.24, 2.45) is 0 Å². The third kappa shape index (κ3) is 2.18. The molecular weight excluding hydrogens is 242 g/mol. The van der Waals surface area contributed by atoms with Crippen molar-refractivity contribution in [2.75, 3.05) is 6.16 Å². The summed E-state index contributed by atoms with van der Waals surface area (Å²) >= 11 is 3.14. The van der Waals surface area contributed by atoms with Gasteiger partial charge in [0.25, 0.3) is 0 Å². The van der Waals surface area contributed by atoms with E-state index in [4.69, 9.17) is 0 Å². The molecule has 4 heteroatoms. The molecular formula is C8H9BrFOP. The molecule has 12 heavy (non-hydrogen) atoms. The summed E-state index contributed by atoms with van der Waals surface area (Å²) in [6, 6.07) is 4.62. The zero-order valence-corrected chi connectivity index (χ0v) is 9.19. The van der Waals surface area contributed by atoms with E-state index in [0.29, 0.717) is 15.9 Å². The van der Waals surface area contributed by atoms with Gasteiger partial charge in [0.05, 0.1) is 0 Å². The van der Waals surface area contributed by atoms with E-state index in [1.165, 1.54) is 6.07 Å². The molecule has 0 aromatic heterocycles. The maximum absolute atomic E-state index is 13.1. The number of hydrogen-bond acceptors (Lipinski definition) is 1. The minimum absolute atomic E-state index is 0.353. The van der Waals surface area contributed by atoms with E-state index >= 15 is 0 Å². The zero-order chi connectivity index (χ0) is 9.14. The molecule has 0 fully saturated rings. The largest absolute Gasteiger partial charge is 0.322 e. The fourth-order valence-electron chi connectivity index (χ4n) is 0.906. The molecule has 0 spiro atoms. The summed E-state index contributed by atoms with van der Waals surface area (Å²) in [6.45, 7) is 1.79. The Bertz CT molecular complexity index is 314. The molecule has 1 atom stereocenters. The van der Waals surface area contributed by atoms with Crippen LogP contribution in [0.3, 0.4) is 0 Å². The molecule has 0 saturated heterocycles. The summed E-state index contributed by atoms with van der Waals surface area (Å²) in [6.07, 6.45) is 0.517. The maximum atomic E-state index is 13.1. The van der Waals surface area contributed by atoms with Crippen molar-refractivity contribution in [1.82, 2.24) is 0 Å². The summed E-state index contributed by atoms with van der Waals surface area (Å²) in [5.74, 6) is -0.380. The molecule has 1 aromatic rings. The molecule has 1 rings (SSSR count). The van der Waals surface area contributed by atoms with Gasteiger partial charge in [0, 0.05) is 9.78 Å². The Balaban J connectivity index is 3.09. The van der Waals surface area contributed by atoms with Gasteiger partial charge in [-0.25, -0.2) is 4.39 Å². The molecule has 0 radical (unpaired) electrons. The van der Waals surface area contributed by atoms with E-state index in [1.54, 1.807) is 19.1 Å². The first-order valence-electron chi connectivity index (χ1n) is 3.63. The first kappa shape index (κ1) is 9.94. The Morgan fingerprint density at radius 3 is 2.75 bits per heavy atom. The van der Waals surface area contributed by atoms with Crippen molar-refractivity contribution in [3.63, 3.8) is 0 Å². The van der Waals surface area contributed by atoms with Gasteiger partial charge >= 0.3 is 0 Å². The Morgan fingerprint density at radius 2 is 2.25 bits per heavy atom. The van der Waals surface area contributed by atoms with Crippen LogP contribution in [0.5, 0.6) is 0 Å². The Hall–Kier alpha value is -0.140. The lowest BCUT2D eigenvalue weighted by Gasteiger charge is -2.00. The van der Waals surface area contributed by atoms with Crippen LogP contribution in [0.4, 0.5) is 4.39 Å². The van der Waals surface area contributed by atoms with Gasteiger partial charge in [0.15, 0.2) is 0 Å². The highest BCUT2D eigenvalue weighted by atomic mass is 79.9. The number of hydrogen-bond donors (Lipinski definition) is 0. The van der Waals surface area contributed by atoms with E-state index in [-0.39, 0.29) is 5.82 Å². The second-order valence-corrected chi connectivity index (χ2v) is 5.41. The lowest BCUT2D eigenvalue weighted by molar-refractivity contribution is 0.590. The van der Waals surface area contributed by atoms with Crippen LogP contribution in [0, 0.1) is 5.82 Å². The van der Waals surface area contributed by atoms with Crippen LogP contribution < -0.4 is 5.30 Å². The third-order valence-electron chi connectivity index (χ3n) is 1.55. The Morgan fingerprint density at radius 1 is 1.58 bits per heavy atom. The van der Waals surface area contributed by atoms with Gasteiger partial charge in [-0.3, -0.25) is 0 Å². The summed E-state index contributed by atoms with van der Waals surface area (Å²) in [4.78, 5) is 0. The van der Waals surface area contributed by atoms with Crippen molar-refractivity contribution >= 4 is 29.0 Å². The predicted molar refractivity (Wildman–Crippen MR) is 53.3 cm³/mol. The second kappa shape index (κ2) is 4.20. The monoisotopic (exact) mass is 250 g/mol. The van der Waals surface area contributed by atoms with Crippen LogP contribution in [0.1, 0.15) is 6.92 Å². The summed E-state index contributed by atoms with van der Waals surface area (Å²) < 4.78 is 25.0. The van der Waals surface area contributed by atoms with Crippen molar-refractivity contribution < 1.29 is 8.96 Å². The van der Waals surface area contributed by atoms with Crippen LogP contribution in [0.25, 0.3) is 0 Å². The average molecular weight is 251 g/mol. The van der Waals surface area contributed by atoms with Gasteiger partial charge < -0.3 is 4.57 Å². The molecule has 0 saturated carbocycles. The van der Waals surface area contributed by atoms with Gasteiger partial charge in [-0.05, 0) is 24.4 Å². The second-order valence-electron chi connectivity index (χ2n) is 2.40. The lowest BCUT2D eigenvalue weighted by Crippen LogP contribution is -2.03. The van der Waals surface area contributed by atoms with Gasteiger partial charge in [-0.1, -0.05) is 22.9 Å². The number of rotatable bonds is 2. The van der Waals surface area contributed by atoms with Crippen molar-refractivity contribution in [2.45, 2.75) is 6.92 Å². The molecule has 1 nitrogen and oxygen atoms in total. The first-order valence-corrected chi connectivity index (χ1v) is 6.04. The molecule has 0 heterocycles. The van der Waals surface area contributed by atoms with Gasteiger partial charge in [-0.15, -0.1) is 0 Å². The molecule has 1 aromatic carbocycles. The van der Waals surface area contributed by atoms with Crippen molar-refractivity contribution in [3.8, 4) is 0 Å². The first-order chi connectivity index (χ1) is 5.65. The van der Waals surface area contributed by atoms with E-state index in [9.17, 15) is 8.96 Å². The average Bonchev–Trinajstić information content (AvgIpc) is 2.03. The van der Waals surface area contributed by atoms with E-state index in [2.05, 4.69) is 15.9 Å². The van der Waals surface area contributed by atoms with Crippen molar-refractivity contribution in [3.05, 3.63) is 28.5 Å². The minimum Gasteiger partial charge on any atom is -0.322 e. The summed E-state index contributed by atoms with van der Waals surface area (Å²) in [5, 5.41) is 0.353. The summed E-state index contributed by atoms with van der Waals surface area (Å²) in [7, 11) is -1.90. The molecule has 1 unspecified atom stereocenters. The fraction of sp³-hybridized carbons (Fsp3) is 0.250. The fourth-order valence-corrected chi connectivity index (χ4v) is 2.23. The van der Waals surface area contributed by atoms with Crippen LogP contribution in [0.2, 0.25) is 0 Å². The van der Waals surface area contributed by atoms with Crippen LogP contribution in [-0.2, 0) is 4.57 Å².